The van der Waals surface area contributed by atoms with Gasteiger partial charge in [0, 0.05) is 18.5 Å². The maximum absolute atomic E-state index is 11.5. The number of carbonyl (C=O) groups excluding carboxylic acids is 1. The first kappa shape index (κ1) is 12.6. The third-order valence-electron chi connectivity index (χ3n) is 4.04. The minimum Gasteiger partial charge on any atom is -0.460 e. The lowest BCUT2D eigenvalue weighted by Crippen LogP contribution is -2.38. The summed E-state index contributed by atoms with van der Waals surface area (Å²) < 4.78 is 4.88. The lowest BCUT2D eigenvalue weighted by molar-refractivity contribution is 0.0512. The van der Waals surface area contributed by atoms with Crippen molar-refractivity contribution in [1.82, 2.24) is 20.5 Å². The number of ether oxygens (including phenoxy) is 1. The summed E-state index contributed by atoms with van der Waals surface area (Å²) in [6, 6.07) is 1.35. The van der Waals surface area contributed by atoms with Crippen LogP contribution in [0.1, 0.15) is 49.1 Å². The smallest absolute Gasteiger partial charge is 0.378 e. The van der Waals surface area contributed by atoms with Gasteiger partial charge in [-0.05, 0) is 38.5 Å². The Labute approximate surface area is 112 Å². The van der Waals surface area contributed by atoms with Crippen molar-refractivity contribution >= 4 is 5.97 Å². The average Bonchev–Trinajstić information content (AvgIpc) is 2.97. The van der Waals surface area contributed by atoms with E-state index in [1.807, 2.05) is 0 Å². The highest BCUT2D eigenvalue weighted by molar-refractivity contribution is 5.84. The highest BCUT2D eigenvalue weighted by atomic mass is 16.5. The van der Waals surface area contributed by atoms with E-state index < -0.39 is 5.97 Å². The summed E-state index contributed by atoms with van der Waals surface area (Å²) in [4.78, 5) is 15.7. The van der Waals surface area contributed by atoms with Crippen LogP contribution in [0, 0.1) is 5.92 Å². The molecule has 0 amide bonds. The van der Waals surface area contributed by atoms with Crippen molar-refractivity contribution in [3.8, 4) is 0 Å². The molecule has 2 N–H and O–H groups in total. The van der Waals surface area contributed by atoms with E-state index in [1.165, 1.54) is 25.7 Å². The van der Waals surface area contributed by atoms with E-state index in [0.29, 0.717) is 24.6 Å². The van der Waals surface area contributed by atoms with E-state index >= 15 is 0 Å². The van der Waals surface area contributed by atoms with Crippen LogP contribution in [0.3, 0.4) is 0 Å². The van der Waals surface area contributed by atoms with Crippen LogP contribution >= 0.6 is 0 Å². The molecule has 2 bridgehead atoms. The van der Waals surface area contributed by atoms with E-state index in [-0.39, 0.29) is 5.82 Å². The first-order valence-corrected chi connectivity index (χ1v) is 7.09. The third-order valence-corrected chi connectivity index (χ3v) is 4.04. The molecule has 3 heterocycles. The zero-order valence-electron chi connectivity index (χ0n) is 11.2. The highest BCUT2D eigenvalue weighted by Crippen LogP contribution is 2.32. The normalized spacial score (nSPS) is 29.4. The van der Waals surface area contributed by atoms with Gasteiger partial charge in [-0.2, -0.15) is 0 Å². The maximum atomic E-state index is 11.5. The lowest BCUT2D eigenvalue weighted by atomic mass is 9.89. The number of esters is 1. The second-order valence-corrected chi connectivity index (χ2v) is 5.51. The van der Waals surface area contributed by atoms with Crippen LogP contribution in [0.5, 0.6) is 0 Å². The number of aromatic amines is 1. The van der Waals surface area contributed by atoms with Gasteiger partial charge in [-0.15, -0.1) is 5.10 Å². The molecule has 0 aliphatic carbocycles. The molecule has 0 radical (unpaired) electrons. The fourth-order valence-corrected chi connectivity index (χ4v) is 3.29. The molecule has 2 aliphatic heterocycles. The number of fused-ring (bicyclic) bond motifs is 2. The molecule has 2 aliphatic rings. The van der Waals surface area contributed by atoms with Gasteiger partial charge < -0.3 is 10.1 Å². The molecular formula is C13H20N4O2. The second kappa shape index (κ2) is 5.28. The van der Waals surface area contributed by atoms with Gasteiger partial charge in [-0.1, -0.05) is 0 Å². The molecule has 6 nitrogen and oxygen atoms in total. The Morgan fingerprint density at radius 3 is 2.79 bits per heavy atom. The standard InChI is InChI=1S/C13H20N4O2/c1-2-19-13(18)12-15-11(16-17-12)7-8-5-9-3-4-10(6-8)14-9/h8-10,14H,2-7H2,1H3,(H,15,16,17). The number of nitrogens with zero attached hydrogens (tertiary/aromatic N) is 2. The molecule has 2 unspecified atom stereocenters. The van der Waals surface area contributed by atoms with Gasteiger partial charge in [-0.25, -0.2) is 9.78 Å². The largest absolute Gasteiger partial charge is 0.460 e. The van der Waals surface area contributed by atoms with Gasteiger partial charge >= 0.3 is 5.97 Å². The van der Waals surface area contributed by atoms with Crippen LogP contribution in [0.15, 0.2) is 0 Å². The van der Waals surface area contributed by atoms with Gasteiger partial charge in [0.25, 0.3) is 5.82 Å². The topological polar surface area (TPSA) is 79.9 Å². The van der Waals surface area contributed by atoms with Crippen LogP contribution in [0.4, 0.5) is 0 Å². The Hall–Kier alpha value is -1.43. The van der Waals surface area contributed by atoms with E-state index in [4.69, 9.17) is 4.74 Å². The molecule has 2 fully saturated rings. The van der Waals surface area contributed by atoms with Crippen molar-refractivity contribution in [1.29, 1.82) is 0 Å². The van der Waals surface area contributed by atoms with E-state index in [2.05, 4.69) is 20.5 Å². The van der Waals surface area contributed by atoms with Gasteiger partial charge in [-0.3, -0.25) is 5.10 Å². The first-order chi connectivity index (χ1) is 9.24. The first-order valence-electron chi connectivity index (χ1n) is 7.09. The quantitative estimate of drug-likeness (QED) is 0.795. The highest BCUT2D eigenvalue weighted by Gasteiger charge is 2.33. The number of hydrogen-bond acceptors (Lipinski definition) is 5. The van der Waals surface area contributed by atoms with Crippen LogP contribution in [0.25, 0.3) is 0 Å². The number of hydrogen-bond donors (Lipinski definition) is 2. The molecule has 1 aromatic rings. The Morgan fingerprint density at radius 2 is 2.11 bits per heavy atom. The molecule has 6 heteroatoms. The molecular weight excluding hydrogens is 244 g/mol. The number of carbonyl (C=O) groups is 1. The summed E-state index contributed by atoms with van der Waals surface area (Å²) in [5.41, 5.74) is 0. The van der Waals surface area contributed by atoms with Gasteiger partial charge in [0.05, 0.1) is 6.61 Å². The van der Waals surface area contributed by atoms with E-state index in [1.54, 1.807) is 6.92 Å². The van der Waals surface area contributed by atoms with Gasteiger partial charge in [0.2, 0.25) is 0 Å². The average molecular weight is 264 g/mol. The lowest BCUT2D eigenvalue weighted by Gasteiger charge is -2.28. The molecule has 19 heavy (non-hydrogen) atoms. The molecule has 0 spiro atoms. The van der Waals surface area contributed by atoms with Crippen molar-refractivity contribution in [2.45, 2.75) is 51.1 Å². The molecule has 2 atom stereocenters. The van der Waals surface area contributed by atoms with Crippen molar-refractivity contribution in [3.05, 3.63) is 11.6 Å². The zero-order valence-corrected chi connectivity index (χ0v) is 11.2. The summed E-state index contributed by atoms with van der Waals surface area (Å²) in [6.45, 7) is 2.12. The monoisotopic (exact) mass is 264 g/mol. The summed E-state index contributed by atoms with van der Waals surface area (Å²) >= 11 is 0. The van der Waals surface area contributed by atoms with Gasteiger partial charge in [0.15, 0.2) is 0 Å². The Balaban J connectivity index is 1.59. The number of nitrogens with one attached hydrogen (secondary N) is 2. The Bertz CT molecular complexity index is 447. The van der Waals surface area contributed by atoms with Crippen LogP contribution in [-0.2, 0) is 11.2 Å². The zero-order chi connectivity index (χ0) is 13.2. The summed E-state index contributed by atoms with van der Waals surface area (Å²) in [6.07, 6.45) is 5.87. The fraction of sp³-hybridized carbons (Fsp3) is 0.769. The van der Waals surface area contributed by atoms with Crippen molar-refractivity contribution in [2.24, 2.45) is 5.92 Å². The minimum atomic E-state index is -0.449. The van der Waals surface area contributed by atoms with Crippen molar-refractivity contribution < 1.29 is 9.53 Å². The fourth-order valence-electron chi connectivity index (χ4n) is 3.29. The number of H-pyrrole nitrogens is 1. The van der Waals surface area contributed by atoms with Crippen molar-refractivity contribution in [2.75, 3.05) is 6.61 Å². The Kier molecular flexibility index (Phi) is 3.50. The molecule has 104 valence electrons. The van der Waals surface area contributed by atoms with E-state index in [0.717, 1.165) is 12.2 Å². The third kappa shape index (κ3) is 2.78. The SMILES string of the molecule is CCOC(=O)c1n[nH]c(CC2CC3CCC(C2)N3)n1. The predicted molar refractivity (Wildman–Crippen MR) is 68.7 cm³/mol. The molecule has 3 rings (SSSR count). The summed E-state index contributed by atoms with van der Waals surface area (Å²) in [7, 11) is 0. The molecule has 1 aromatic heterocycles. The van der Waals surface area contributed by atoms with Crippen LogP contribution in [-0.4, -0.2) is 39.8 Å². The van der Waals surface area contributed by atoms with Crippen LogP contribution < -0.4 is 5.32 Å². The maximum Gasteiger partial charge on any atom is 0.378 e. The number of aromatic nitrogens is 3. The van der Waals surface area contributed by atoms with E-state index in [9.17, 15) is 4.79 Å². The minimum absolute atomic E-state index is 0.147. The van der Waals surface area contributed by atoms with Gasteiger partial charge in [0.1, 0.15) is 5.82 Å². The Morgan fingerprint density at radius 1 is 1.37 bits per heavy atom. The van der Waals surface area contributed by atoms with Crippen molar-refractivity contribution in [3.63, 3.8) is 0 Å². The second-order valence-electron chi connectivity index (χ2n) is 5.51. The molecule has 0 aromatic carbocycles. The molecule has 0 saturated carbocycles. The molecule has 2 saturated heterocycles. The summed E-state index contributed by atoms with van der Waals surface area (Å²) in [5.74, 6) is 1.14. The number of piperidine rings is 1. The summed E-state index contributed by atoms with van der Waals surface area (Å²) in [5, 5.41) is 10.4. The van der Waals surface area contributed by atoms with Crippen LogP contribution in [0.2, 0.25) is 0 Å². The number of rotatable bonds is 4. The predicted octanol–water partition coefficient (Wildman–Crippen LogP) is 1.05.